The summed E-state index contributed by atoms with van der Waals surface area (Å²) in [6, 6.07) is 5.23. The Labute approximate surface area is 89.3 Å². The van der Waals surface area contributed by atoms with Crippen LogP contribution in [-0.2, 0) is 13.2 Å². The first-order chi connectivity index (χ1) is 7.31. The number of nitrogens with zero attached hydrogens (tertiary/aromatic N) is 1. The maximum absolute atomic E-state index is 13.7. The van der Waals surface area contributed by atoms with Crippen LogP contribution in [0.3, 0.4) is 0 Å². The quantitative estimate of drug-likeness (QED) is 0.822. The van der Waals surface area contributed by atoms with E-state index in [2.05, 4.69) is 4.90 Å². The van der Waals surface area contributed by atoms with Crippen LogP contribution in [0.4, 0.5) is 4.39 Å². The number of rotatable bonds is 3. The second-order valence-corrected chi connectivity index (χ2v) is 4.03. The molecule has 1 fully saturated rings. The van der Waals surface area contributed by atoms with Gasteiger partial charge in [0.1, 0.15) is 5.82 Å². The van der Waals surface area contributed by atoms with E-state index in [1.165, 1.54) is 12.8 Å². The summed E-state index contributed by atoms with van der Waals surface area (Å²) in [6.07, 6.45) is 2.42. The number of hydrogen-bond acceptors (Lipinski definition) is 2. The van der Waals surface area contributed by atoms with E-state index in [4.69, 9.17) is 5.11 Å². The fourth-order valence-corrected chi connectivity index (χ4v) is 2.06. The van der Waals surface area contributed by atoms with Gasteiger partial charge >= 0.3 is 0 Å². The average molecular weight is 209 g/mol. The van der Waals surface area contributed by atoms with E-state index in [0.717, 1.165) is 13.1 Å². The van der Waals surface area contributed by atoms with Crippen molar-refractivity contribution >= 4 is 0 Å². The van der Waals surface area contributed by atoms with Crippen molar-refractivity contribution in [1.29, 1.82) is 0 Å². The van der Waals surface area contributed by atoms with Crippen LogP contribution in [0.2, 0.25) is 0 Å². The van der Waals surface area contributed by atoms with Gasteiger partial charge in [-0.1, -0.05) is 18.2 Å². The van der Waals surface area contributed by atoms with Crippen LogP contribution in [0, 0.1) is 5.82 Å². The zero-order valence-corrected chi connectivity index (χ0v) is 8.75. The van der Waals surface area contributed by atoms with E-state index in [-0.39, 0.29) is 12.4 Å². The fraction of sp³-hybridized carbons (Fsp3) is 0.500. The topological polar surface area (TPSA) is 23.5 Å². The number of aliphatic hydroxyl groups is 1. The molecule has 0 bridgehead atoms. The predicted molar refractivity (Wildman–Crippen MR) is 56.8 cm³/mol. The second-order valence-electron chi connectivity index (χ2n) is 4.03. The van der Waals surface area contributed by atoms with Crippen LogP contribution in [0.5, 0.6) is 0 Å². The summed E-state index contributed by atoms with van der Waals surface area (Å²) in [4.78, 5) is 2.25. The molecular weight excluding hydrogens is 193 g/mol. The Morgan fingerprint density at radius 3 is 2.53 bits per heavy atom. The lowest BCUT2D eigenvalue weighted by Crippen LogP contribution is -2.19. The molecule has 0 amide bonds. The van der Waals surface area contributed by atoms with Gasteiger partial charge in [0.05, 0.1) is 6.61 Å². The molecule has 1 aliphatic rings. The third-order valence-corrected chi connectivity index (χ3v) is 2.92. The Morgan fingerprint density at radius 1 is 1.20 bits per heavy atom. The van der Waals surface area contributed by atoms with Crippen molar-refractivity contribution in [2.24, 2.45) is 0 Å². The molecule has 0 spiro atoms. The second kappa shape index (κ2) is 4.73. The van der Waals surface area contributed by atoms with Crippen LogP contribution in [0.15, 0.2) is 18.2 Å². The van der Waals surface area contributed by atoms with Crippen molar-refractivity contribution in [1.82, 2.24) is 4.90 Å². The molecule has 2 nitrogen and oxygen atoms in total. The van der Waals surface area contributed by atoms with Gasteiger partial charge in [0, 0.05) is 17.7 Å². The molecule has 1 N–H and O–H groups in total. The first-order valence-corrected chi connectivity index (χ1v) is 5.41. The van der Waals surface area contributed by atoms with Crippen LogP contribution in [-0.4, -0.2) is 23.1 Å². The lowest BCUT2D eigenvalue weighted by molar-refractivity contribution is 0.273. The van der Waals surface area contributed by atoms with E-state index in [9.17, 15) is 4.39 Å². The minimum Gasteiger partial charge on any atom is -0.392 e. The Bertz CT molecular complexity index is 334. The summed E-state index contributed by atoms with van der Waals surface area (Å²) < 4.78 is 13.7. The smallest absolute Gasteiger partial charge is 0.133 e. The van der Waals surface area contributed by atoms with Gasteiger partial charge in [-0.15, -0.1) is 0 Å². The van der Waals surface area contributed by atoms with E-state index in [1.54, 1.807) is 18.2 Å². The Morgan fingerprint density at radius 2 is 1.87 bits per heavy atom. The maximum atomic E-state index is 13.7. The molecule has 0 saturated carbocycles. The molecule has 0 unspecified atom stereocenters. The van der Waals surface area contributed by atoms with Crippen molar-refractivity contribution in [3.05, 3.63) is 35.1 Å². The summed E-state index contributed by atoms with van der Waals surface area (Å²) in [6.45, 7) is 2.56. The molecule has 1 aromatic rings. The van der Waals surface area contributed by atoms with Crippen LogP contribution in [0.1, 0.15) is 24.0 Å². The van der Waals surface area contributed by atoms with Crippen LogP contribution < -0.4 is 0 Å². The van der Waals surface area contributed by atoms with Gasteiger partial charge in [-0.2, -0.15) is 0 Å². The SMILES string of the molecule is OCc1cccc(CN2CCCC2)c1F. The maximum Gasteiger partial charge on any atom is 0.133 e. The summed E-state index contributed by atoms with van der Waals surface area (Å²) in [5, 5.41) is 8.95. The molecule has 3 heteroatoms. The van der Waals surface area contributed by atoms with Gasteiger partial charge < -0.3 is 5.11 Å². The minimum absolute atomic E-state index is 0.223. The van der Waals surface area contributed by atoms with Gasteiger partial charge in [-0.05, 0) is 25.9 Å². The highest BCUT2D eigenvalue weighted by molar-refractivity contribution is 5.25. The van der Waals surface area contributed by atoms with Crippen molar-refractivity contribution in [3.8, 4) is 0 Å². The van der Waals surface area contributed by atoms with Gasteiger partial charge in [0.25, 0.3) is 0 Å². The molecule has 15 heavy (non-hydrogen) atoms. The molecule has 0 radical (unpaired) electrons. The summed E-state index contributed by atoms with van der Waals surface area (Å²) in [5.41, 5.74) is 1.09. The van der Waals surface area contributed by atoms with Crippen molar-refractivity contribution < 1.29 is 9.50 Å². The van der Waals surface area contributed by atoms with Crippen molar-refractivity contribution in [2.75, 3.05) is 13.1 Å². The lowest BCUT2D eigenvalue weighted by Gasteiger charge is -2.15. The monoisotopic (exact) mass is 209 g/mol. The molecule has 82 valence electrons. The third-order valence-electron chi connectivity index (χ3n) is 2.92. The van der Waals surface area contributed by atoms with E-state index in [0.29, 0.717) is 17.7 Å². The highest BCUT2D eigenvalue weighted by Gasteiger charge is 2.14. The number of halogens is 1. The fourth-order valence-electron chi connectivity index (χ4n) is 2.06. The summed E-state index contributed by atoms with van der Waals surface area (Å²) in [5.74, 6) is -0.244. The van der Waals surface area contributed by atoms with Crippen molar-refractivity contribution in [3.63, 3.8) is 0 Å². The molecule has 1 aliphatic heterocycles. The van der Waals surface area contributed by atoms with E-state index < -0.39 is 0 Å². The summed E-state index contributed by atoms with van der Waals surface area (Å²) >= 11 is 0. The molecule has 0 aliphatic carbocycles. The Hall–Kier alpha value is -0.930. The van der Waals surface area contributed by atoms with Gasteiger partial charge in [-0.25, -0.2) is 4.39 Å². The third kappa shape index (κ3) is 2.36. The Balaban J connectivity index is 2.13. The highest BCUT2D eigenvalue weighted by atomic mass is 19.1. The van der Waals surface area contributed by atoms with Crippen LogP contribution >= 0.6 is 0 Å². The standard InChI is InChI=1S/C12H16FNO/c13-12-10(4-3-5-11(12)9-15)8-14-6-1-2-7-14/h3-5,15H,1-2,6-9H2. The molecule has 0 aromatic heterocycles. The van der Waals surface area contributed by atoms with E-state index >= 15 is 0 Å². The number of benzene rings is 1. The molecule has 1 aromatic carbocycles. The number of aliphatic hydroxyl groups excluding tert-OH is 1. The number of hydrogen-bond donors (Lipinski definition) is 1. The largest absolute Gasteiger partial charge is 0.392 e. The van der Waals surface area contributed by atoms with Gasteiger partial charge in [-0.3, -0.25) is 4.90 Å². The normalized spacial score (nSPS) is 17.2. The first-order valence-electron chi connectivity index (χ1n) is 5.41. The number of likely N-dealkylation sites (tertiary alicyclic amines) is 1. The highest BCUT2D eigenvalue weighted by Crippen LogP contribution is 2.17. The molecule has 0 atom stereocenters. The Kier molecular flexibility index (Phi) is 3.34. The molecular formula is C12H16FNO. The van der Waals surface area contributed by atoms with Crippen LogP contribution in [0.25, 0.3) is 0 Å². The molecule has 1 saturated heterocycles. The predicted octanol–water partition coefficient (Wildman–Crippen LogP) is 1.91. The summed E-state index contributed by atoms with van der Waals surface area (Å²) in [7, 11) is 0. The van der Waals surface area contributed by atoms with Gasteiger partial charge in [0.2, 0.25) is 0 Å². The minimum atomic E-state index is -0.244. The first kappa shape index (κ1) is 10.6. The van der Waals surface area contributed by atoms with E-state index in [1.807, 2.05) is 0 Å². The lowest BCUT2D eigenvalue weighted by atomic mass is 10.1. The van der Waals surface area contributed by atoms with Gasteiger partial charge in [0.15, 0.2) is 0 Å². The average Bonchev–Trinajstić information content (AvgIpc) is 2.74. The van der Waals surface area contributed by atoms with Crippen molar-refractivity contribution in [2.45, 2.75) is 26.0 Å². The molecule has 1 heterocycles. The molecule has 2 rings (SSSR count). The zero-order chi connectivity index (χ0) is 10.7. The zero-order valence-electron chi connectivity index (χ0n) is 8.75.